The number of carboxylic acid groups (broad SMARTS) is 1. The van der Waals surface area contributed by atoms with E-state index < -0.39 is 5.97 Å². The van der Waals surface area contributed by atoms with Gasteiger partial charge in [0, 0.05) is 26.2 Å². The Labute approximate surface area is 142 Å². The highest BCUT2D eigenvalue weighted by Gasteiger charge is 2.26. The molecular formula is C16H26N6O2. The predicted molar refractivity (Wildman–Crippen MR) is 92.4 cm³/mol. The molecule has 1 aromatic rings. The van der Waals surface area contributed by atoms with E-state index in [9.17, 15) is 4.79 Å². The van der Waals surface area contributed by atoms with Gasteiger partial charge in [0.15, 0.2) is 0 Å². The molecule has 1 aromatic heterocycles. The third-order valence-corrected chi connectivity index (χ3v) is 4.90. The summed E-state index contributed by atoms with van der Waals surface area (Å²) in [7, 11) is 1.80. The van der Waals surface area contributed by atoms with Gasteiger partial charge in [-0.15, -0.1) is 0 Å². The zero-order valence-electron chi connectivity index (χ0n) is 14.2. The first-order valence-electron chi connectivity index (χ1n) is 8.84. The highest BCUT2D eigenvalue weighted by atomic mass is 16.4. The van der Waals surface area contributed by atoms with Gasteiger partial charge in [-0.05, 0) is 44.9 Å². The first-order chi connectivity index (χ1) is 11.7. The van der Waals surface area contributed by atoms with Gasteiger partial charge in [-0.3, -0.25) is 4.79 Å². The van der Waals surface area contributed by atoms with Crippen LogP contribution >= 0.6 is 0 Å². The summed E-state index contributed by atoms with van der Waals surface area (Å²) >= 11 is 0. The van der Waals surface area contributed by atoms with Gasteiger partial charge in [-0.25, -0.2) is 0 Å². The van der Waals surface area contributed by atoms with Crippen molar-refractivity contribution in [2.45, 2.75) is 51.0 Å². The number of carboxylic acids is 1. The quantitative estimate of drug-likeness (QED) is 0.751. The average molecular weight is 334 g/mol. The highest BCUT2D eigenvalue weighted by Crippen LogP contribution is 2.27. The molecule has 0 radical (unpaired) electrons. The largest absolute Gasteiger partial charge is 0.481 e. The van der Waals surface area contributed by atoms with E-state index in [4.69, 9.17) is 5.11 Å². The van der Waals surface area contributed by atoms with Gasteiger partial charge in [0.25, 0.3) is 0 Å². The maximum Gasteiger partial charge on any atom is 0.306 e. The number of rotatable bonds is 5. The van der Waals surface area contributed by atoms with Crippen LogP contribution in [-0.4, -0.2) is 52.2 Å². The number of anilines is 3. The topological polar surface area (TPSA) is 103 Å². The van der Waals surface area contributed by atoms with E-state index in [0.717, 1.165) is 31.9 Å². The smallest absolute Gasteiger partial charge is 0.306 e. The van der Waals surface area contributed by atoms with Crippen LogP contribution in [0.5, 0.6) is 0 Å². The molecule has 3 N–H and O–H groups in total. The Hall–Kier alpha value is -2.12. The maximum absolute atomic E-state index is 11.1. The number of carbonyl (C=O) groups is 1. The van der Waals surface area contributed by atoms with Crippen LogP contribution in [-0.2, 0) is 4.79 Å². The number of nitrogens with zero attached hydrogens (tertiary/aromatic N) is 4. The van der Waals surface area contributed by atoms with Gasteiger partial charge in [-0.2, -0.15) is 15.0 Å². The summed E-state index contributed by atoms with van der Waals surface area (Å²) < 4.78 is 0. The summed E-state index contributed by atoms with van der Waals surface area (Å²) in [6.45, 7) is 1.96. The van der Waals surface area contributed by atoms with Crippen molar-refractivity contribution in [3.8, 4) is 0 Å². The van der Waals surface area contributed by atoms with E-state index in [2.05, 4.69) is 30.5 Å². The molecule has 0 amide bonds. The number of hydrogen-bond donors (Lipinski definition) is 3. The minimum absolute atomic E-state index is 0.210. The van der Waals surface area contributed by atoms with E-state index in [-0.39, 0.29) is 12.0 Å². The minimum atomic E-state index is -0.682. The number of piperidine rings is 1. The average Bonchev–Trinajstić information content (AvgIpc) is 2.62. The van der Waals surface area contributed by atoms with Gasteiger partial charge in [0.1, 0.15) is 0 Å². The highest BCUT2D eigenvalue weighted by molar-refractivity contribution is 5.70. The van der Waals surface area contributed by atoms with Gasteiger partial charge >= 0.3 is 5.97 Å². The molecule has 1 saturated carbocycles. The van der Waals surface area contributed by atoms with Gasteiger partial charge in [0.2, 0.25) is 17.8 Å². The molecule has 8 nitrogen and oxygen atoms in total. The Balaban J connectivity index is 1.67. The molecule has 1 saturated heterocycles. The van der Waals surface area contributed by atoms with Crippen LogP contribution in [0, 0.1) is 5.92 Å². The first kappa shape index (κ1) is 16.7. The molecule has 2 aliphatic rings. The number of aromatic nitrogens is 3. The Morgan fingerprint density at radius 2 is 1.71 bits per heavy atom. The van der Waals surface area contributed by atoms with Crippen LogP contribution in [0.15, 0.2) is 0 Å². The molecule has 132 valence electrons. The fourth-order valence-electron chi connectivity index (χ4n) is 3.44. The molecule has 0 atom stereocenters. The van der Waals surface area contributed by atoms with Crippen molar-refractivity contribution in [3.63, 3.8) is 0 Å². The third kappa shape index (κ3) is 4.04. The summed E-state index contributed by atoms with van der Waals surface area (Å²) in [6, 6.07) is 0.224. The van der Waals surface area contributed by atoms with E-state index >= 15 is 0 Å². The molecule has 24 heavy (non-hydrogen) atoms. The van der Waals surface area contributed by atoms with Crippen LogP contribution < -0.4 is 15.5 Å². The van der Waals surface area contributed by atoms with Crippen LogP contribution in [0.1, 0.15) is 44.9 Å². The van der Waals surface area contributed by atoms with Crippen molar-refractivity contribution in [2.24, 2.45) is 5.92 Å². The van der Waals surface area contributed by atoms with Crippen LogP contribution in [0.3, 0.4) is 0 Å². The van der Waals surface area contributed by atoms with Gasteiger partial charge in [-0.1, -0.05) is 0 Å². The Morgan fingerprint density at radius 1 is 1.04 bits per heavy atom. The fraction of sp³-hybridized carbons (Fsp3) is 0.750. The summed E-state index contributed by atoms with van der Waals surface area (Å²) in [4.78, 5) is 26.7. The van der Waals surface area contributed by atoms with Crippen LogP contribution in [0.25, 0.3) is 0 Å². The lowest BCUT2D eigenvalue weighted by atomic mass is 9.86. The predicted octanol–water partition coefficient (Wildman–Crippen LogP) is 1.96. The zero-order chi connectivity index (χ0) is 16.9. The number of nitrogens with one attached hydrogen (secondary N) is 2. The number of aliphatic carboxylic acids is 1. The molecule has 8 heteroatoms. The molecule has 0 aromatic carbocycles. The lowest BCUT2D eigenvalue weighted by Crippen LogP contribution is -2.33. The van der Waals surface area contributed by atoms with Gasteiger partial charge < -0.3 is 20.6 Å². The van der Waals surface area contributed by atoms with Crippen molar-refractivity contribution in [1.82, 2.24) is 15.0 Å². The second-order valence-corrected chi connectivity index (χ2v) is 6.61. The zero-order valence-corrected chi connectivity index (χ0v) is 14.2. The van der Waals surface area contributed by atoms with Crippen molar-refractivity contribution < 1.29 is 9.90 Å². The maximum atomic E-state index is 11.1. The second-order valence-electron chi connectivity index (χ2n) is 6.61. The molecule has 2 fully saturated rings. The summed E-state index contributed by atoms with van der Waals surface area (Å²) in [5.74, 6) is 0.966. The fourth-order valence-corrected chi connectivity index (χ4v) is 3.44. The van der Waals surface area contributed by atoms with Crippen LogP contribution in [0.2, 0.25) is 0 Å². The van der Waals surface area contributed by atoms with E-state index in [1.165, 1.54) is 19.3 Å². The van der Waals surface area contributed by atoms with Crippen molar-refractivity contribution in [3.05, 3.63) is 0 Å². The van der Waals surface area contributed by atoms with E-state index in [1.807, 2.05) is 0 Å². The normalized spacial score (nSPS) is 24.5. The summed E-state index contributed by atoms with van der Waals surface area (Å²) in [6.07, 6.45) is 6.67. The SMILES string of the molecule is CNc1nc(NC2CCC(C(=O)O)CC2)nc(N2CCCCC2)n1. The summed E-state index contributed by atoms with van der Waals surface area (Å²) in [5.41, 5.74) is 0. The molecule has 1 aliphatic carbocycles. The molecule has 1 aliphatic heterocycles. The van der Waals surface area contributed by atoms with Crippen molar-refractivity contribution in [1.29, 1.82) is 0 Å². The van der Waals surface area contributed by atoms with Gasteiger partial charge in [0.05, 0.1) is 5.92 Å². The number of hydrogen-bond acceptors (Lipinski definition) is 7. The van der Waals surface area contributed by atoms with Crippen molar-refractivity contribution >= 4 is 23.8 Å². The lowest BCUT2D eigenvalue weighted by Gasteiger charge is -2.29. The molecule has 0 unspecified atom stereocenters. The molecule has 0 spiro atoms. The standard InChI is InChI=1S/C16H26N6O2/c1-17-14-19-15(18-12-7-5-11(6-8-12)13(23)24)21-16(20-14)22-9-3-2-4-10-22/h11-12H,2-10H2,1H3,(H,23,24)(H2,17,18,19,20,21). The molecule has 3 rings (SSSR count). The minimum Gasteiger partial charge on any atom is -0.481 e. The lowest BCUT2D eigenvalue weighted by molar-refractivity contribution is -0.142. The second kappa shape index (κ2) is 7.63. The molecule has 2 heterocycles. The third-order valence-electron chi connectivity index (χ3n) is 4.90. The molecular weight excluding hydrogens is 308 g/mol. The molecule has 0 bridgehead atoms. The Bertz CT molecular complexity index is 568. The first-order valence-corrected chi connectivity index (χ1v) is 8.84. The monoisotopic (exact) mass is 334 g/mol. The van der Waals surface area contributed by atoms with Crippen LogP contribution in [0.4, 0.5) is 17.8 Å². The van der Waals surface area contributed by atoms with E-state index in [0.29, 0.717) is 24.7 Å². The summed E-state index contributed by atoms with van der Waals surface area (Å²) in [5, 5.41) is 15.5. The Kier molecular flexibility index (Phi) is 5.32. The van der Waals surface area contributed by atoms with Crippen molar-refractivity contribution in [2.75, 3.05) is 35.7 Å². The Morgan fingerprint density at radius 3 is 2.33 bits per heavy atom. The van der Waals surface area contributed by atoms with E-state index in [1.54, 1.807) is 7.05 Å².